The van der Waals surface area contributed by atoms with Gasteiger partial charge in [0.15, 0.2) is 0 Å². The van der Waals surface area contributed by atoms with Crippen molar-refractivity contribution in [2.24, 2.45) is 26.8 Å². The molecule has 0 radical (unpaired) electrons. The molecule has 18 rings (SSSR count). The highest BCUT2D eigenvalue weighted by Crippen LogP contribution is 2.46. The highest BCUT2D eigenvalue weighted by atomic mass is 32.2. The van der Waals surface area contributed by atoms with Gasteiger partial charge in [-0.1, -0.05) is 114 Å². The molecule has 0 atom stereocenters. The lowest BCUT2D eigenvalue weighted by Crippen LogP contribution is -2.83. The second-order valence-electron chi connectivity index (χ2n) is 29.3. The van der Waals surface area contributed by atoms with Crippen molar-refractivity contribution < 1.29 is 94.5 Å². The molecule has 672 valence electrons. The van der Waals surface area contributed by atoms with E-state index in [-0.39, 0.29) is 43.6 Å². The summed E-state index contributed by atoms with van der Waals surface area (Å²) >= 11 is 0. The SMILES string of the molecule is NNc1ccc2c(-c3ccccc3S(=O)(=O)[O-])c3ccc(=[NH+]N)cc-3oc2c1.O=CC=CN/C=c1\ccc2c(c1)Oc1cc(CNC=CC=O)ccc1C=2c1ccccc1S(=O)(=O)[O-].O=CCC=N/C=c1\ccc2c(c1)Oc1cc(CN=CCC=O)ccc1C=2c1ccccc1S(=O)(=O)[O-].O=S(=O)([O-])c1ccccc1-c1c2cc/c(=[N+]3/C=CC=N3)cc-2oc2cc(-n3cccn3)ccc12. The molecule has 134 heavy (non-hydrogen) atoms. The number of aromatic nitrogens is 2. The molecule has 0 unspecified atom stereocenters. The van der Waals surface area contributed by atoms with Crippen LogP contribution in [0.25, 0.3) is 96.1 Å². The maximum atomic E-state index is 12.1. The van der Waals surface area contributed by atoms with Crippen molar-refractivity contribution in [3.63, 3.8) is 0 Å². The standard InChI is InChI=1S/2C27H22N2O6S.C25H16N4O4S.C19H16N4O4S/c2*30-13-3-11-28-17-19-7-9-21-24(15-19)35-25-16-20(18-29-12-4-14-31)8-10-22(25)27(21)23-5-1-2-6-26(23)36(32,33)34;30-34(31,32)24-6-2-1-5-21(24)25-19-9-7-17(28-13-3-11-26-28)15-22(19)33-23-16-18(8-10-20(23)25)29-14-4-12-27-29;20-22-11-5-7-13-16(9-11)27-17-10-12(23-21)6-8-14(17)19(13)15-3-1-2-4-18(15)28(24,25)26/h1-2,5-17H,3-4,18H2,(H,32,33,34);1-17,28-29H,18H2,(H,32,33,34);1-16H;1-10,22H,20-21H2,(H,24,25,26)/p-2/b19-17+,28-11?,29-12?;11-3?,12-4?,19-17+;;. The third kappa shape index (κ3) is 20.9. The van der Waals surface area contributed by atoms with Gasteiger partial charge in [-0.05, 0) is 148 Å². The van der Waals surface area contributed by atoms with E-state index in [2.05, 4.69) is 41.3 Å². The van der Waals surface area contributed by atoms with E-state index in [0.717, 1.165) is 40.0 Å². The van der Waals surface area contributed by atoms with Gasteiger partial charge in [-0.3, -0.25) is 25.4 Å². The average molecular weight is 1870 g/mol. The monoisotopic (exact) mass is 1870 g/mol. The van der Waals surface area contributed by atoms with Gasteiger partial charge in [-0.25, -0.2) is 44.2 Å². The molecule has 0 saturated carbocycles. The quantitative estimate of drug-likeness (QED) is 0.00486. The molecule has 6 heterocycles. The average Bonchev–Trinajstić information content (AvgIpc) is 0.915. The summed E-state index contributed by atoms with van der Waals surface area (Å²) in [6, 6.07) is 69.3. The summed E-state index contributed by atoms with van der Waals surface area (Å²) < 4.78 is 173. The maximum Gasteiger partial charge on any atom is 0.241 e. The number of aldehydes is 4. The first-order valence-corrected chi connectivity index (χ1v) is 46.1. The highest BCUT2D eigenvalue weighted by molar-refractivity contribution is 7.86. The molecule has 10 aromatic carbocycles. The predicted octanol–water partition coefficient (Wildman–Crippen LogP) is 8.12. The summed E-state index contributed by atoms with van der Waals surface area (Å²) in [6.45, 7) is 0.757. The summed E-state index contributed by atoms with van der Waals surface area (Å²) in [4.78, 5) is 49.1. The Labute approximate surface area is 764 Å². The van der Waals surface area contributed by atoms with Crippen LogP contribution in [0.2, 0.25) is 0 Å². The number of ether oxygens (including phenoxy) is 2. The van der Waals surface area contributed by atoms with Gasteiger partial charge in [0, 0.05) is 181 Å². The predicted molar refractivity (Wildman–Crippen MR) is 496 cm³/mol. The van der Waals surface area contributed by atoms with Gasteiger partial charge in [0.2, 0.25) is 16.9 Å². The van der Waals surface area contributed by atoms with Crippen LogP contribution in [-0.2, 0) is 72.7 Å². The van der Waals surface area contributed by atoms with Gasteiger partial charge in [0.05, 0.1) is 49.6 Å². The zero-order valence-electron chi connectivity index (χ0n) is 70.0. The number of nitrogens with zero attached hydrogens (tertiary/aromatic N) is 6. The number of benzene rings is 12. The number of fused-ring (bicyclic) bond motifs is 8. The molecular formula is C98H74N12O20S4-2. The molecule has 8 N–H and O–H groups in total. The Morgan fingerprint density at radius 3 is 1.57 bits per heavy atom. The van der Waals surface area contributed by atoms with Crippen molar-refractivity contribution >= 4 is 135 Å². The van der Waals surface area contributed by atoms with Crippen LogP contribution < -0.4 is 78.6 Å². The number of anilines is 1. The van der Waals surface area contributed by atoms with Gasteiger partial charge in [-0.15, -0.1) is 5.10 Å². The van der Waals surface area contributed by atoms with Crippen molar-refractivity contribution in [3.8, 4) is 73.6 Å². The maximum absolute atomic E-state index is 12.1. The van der Waals surface area contributed by atoms with Crippen molar-refractivity contribution in [3.05, 3.63) is 363 Å². The van der Waals surface area contributed by atoms with Crippen molar-refractivity contribution in [1.82, 2.24) is 25.1 Å². The van der Waals surface area contributed by atoms with E-state index in [1.54, 1.807) is 168 Å². The smallest absolute Gasteiger partial charge is 0.241 e. The number of carbonyl (C=O) groups is 4. The van der Waals surface area contributed by atoms with Crippen LogP contribution in [0.4, 0.5) is 5.69 Å². The number of rotatable bonds is 24. The molecular weight excluding hydrogens is 1790 g/mol. The fraction of sp³-hybridized carbons (Fsp3) is 0.0408. The molecule has 5 aliphatic heterocycles. The van der Waals surface area contributed by atoms with E-state index in [0.29, 0.717) is 164 Å². The van der Waals surface area contributed by atoms with E-state index in [4.69, 9.17) is 30.0 Å². The summed E-state index contributed by atoms with van der Waals surface area (Å²) in [5.74, 6) is 13.8. The Balaban J connectivity index is 0.000000137. The molecule has 0 fully saturated rings. The van der Waals surface area contributed by atoms with Gasteiger partial charge in [0.1, 0.15) is 118 Å². The van der Waals surface area contributed by atoms with E-state index < -0.39 is 40.5 Å². The number of carbonyl (C=O) groups excluding carboxylic acids is 4. The number of aliphatic imine (C=N–C) groups is 2. The van der Waals surface area contributed by atoms with Crippen molar-refractivity contribution in [1.29, 1.82) is 0 Å². The fourth-order valence-corrected chi connectivity index (χ4v) is 17.9. The lowest BCUT2D eigenvalue weighted by Gasteiger charge is -2.24. The van der Waals surface area contributed by atoms with Crippen molar-refractivity contribution in [2.45, 2.75) is 45.5 Å². The van der Waals surface area contributed by atoms with Crippen LogP contribution in [0.3, 0.4) is 0 Å². The van der Waals surface area contributed by atoms with Gasteiger partial charge in [0.25, 0.3) is 0 Å². The molecule has 0 saturated heterocycles. The summed E-state index contributed by atoms with van der Waals surface area (Å²) in [5.41, 5.74) is 12.6. The molecule has 0 bridgehead atoms. The first-order valence-electron chi connectivity index (χ1n) is 40.5. The number of nitrogen functional groups attached to an aromatic ring is 1. The fourth-order valence-electron chi connectivity index (χ4n) is 15.1. The van der Waals surface area contributed by atoms with Gasteiger partial charge in [-0.2, -0.15) is 5.10 Å². The number of hydrogen-bond acceptors (Lipinski definition) is 29. The zero-order valence-corrected chi connectivity index (χ0v) is 73.2. The second-order valence-corrected chi connectivity index (χ2v) is 34.7. The van der Waals surface area contributed by atoms with Crippen LogP contribution in [0.1, 0.15) is 46.2 Å². The number of hydrazone groups is 1. The number of nitrogens with one attached hydrogen (secondary N) is 4. The van der Waals surface area contributed by atoms with Gasteiger partial charge >= 0.3 is 0 Å². The minimum absolute atomic E-state index is 0.196. The Kier molecular flexibility index (Phi) is 28.0. The minimum atomic E-state index is -4.75. The third-order valence-corrected chi connectivity index (χ3v) is 24.4. The lowest BCUT2D eigenvalue weighted by atomic mass is 9.92. The minimum Gasteiger partial charge on any atom is -0.744 e. The first-order chi connectivity index (χ1) is 64.7. The zero-order chi connectivity index (χ0) is 94.3. The lowest BCUT2D eigenvalue weighted by molar-refractivity contribution is -0.512. The number of nitrogens with two attached hydrogens (primary N) is 2. The van der Waals surface area contributed by atoms with Crippen LogP contribution >= 0.6 is 0 Å². The summed E-state index contributed by atoms with van der Waals surface area (Å²) in [5, 5.41) is 22.4. The summed E-state index contributed by atoms with van der Waals surface area (Å²) in [7, 11) is -18.9. The van der Waals surface area contributed by atoms with Crippen molar-refractivity contribution in [2.75, 3.05) is 5.43 Å². The molecule has 2 aliphatic carbocycles. The molecule has 0 spiro atoms. The second kappa shape index (κ2) is 40.7. The van der Waals surface area contributed by atoms with E-state index in [1.165, 1.54) is 85.5 Å². The van der Waals surface area contributed by atoms with E-state index >= 15 is 0 Å². The Bertz CT molecular complexity index is 8250. The van der Waals surface area contributed by atoms with Crippen LogP contribution in [0.5, 0.6) is 23.0 Å². The first kappa shape index (κ1) is 92.3. The molecule has 1 aromatic heterocycles. The third-order valence-electron chi connectivity index (χ3n) is 20.9. The van der Waals surface area contributed by atoms with Crippen LogP contribution in [0.15, 0.2) is 341 Å². The Morgan fingerprint density at radius 2 is 1.01 bits per heavy atom. The molecule has 11 aromatic rings. The van der Waals surface area contributed by atoms with E-state index in [1.807, 2.05) is 85.2 Å². The summed E-state index contributed by atoms with van der Waals surface area (Å²) in [6.07, 6.45) is 24.0. The van der Waals surface area contributed by atoms with Crippen LogP contribution in [0, 0.1) is 0 Å². The van der Waals surface area contributed by atoms with E-state index in [9.17, 15) is 71.1 Å². The molecule has 7 aliphatic rings. The van der Waals surface area contributed by atoms with Gasteiger partial charge < -0.3 is 62.2 Å². The molecule has 36 heteroatoms. The highest BCUT2D eigenvalue weighted by Gasteiger charge is 2.29. The number of hydrogen-bond donors (Lipinski definition) is 6. The topological polar surface area (TPSA) is 502 Å². The normalized spacial score (nSPS) is 13.6. The Morgan fingerprint density at radius 1 is 0.493 bits per heavy atom. The number of hydrazine groups is 2. The Hall–Kier alpha value is -16.4. The molecule has 32 nitrogen and oxygen atoms in total. The largest absolute Gasteiger partial charge is 0.744 e. The number of allylic oxidation sites excluding steroid dienone is 3. The molecule has 0 amide bonds. The van der Waals surface area contributed by atoms with Crippen LogP contribution in [-0.4, -0.2) is 105 Å².